The summed E-state index contributed by atoms with van der Waals surface area (Å²) >= 11 is 3.21. The fourth-order valence-electron chi connectivity index (χ4n) is 2.60. The summed E-state index contributed by atoms with van der Waals surface area (Å²) in [6, 6.07) is 2.51. The molecule has 0 aromatic heterocycles. The van der Waals surface area contributed by atoms with Crippen molar-refractivity contribution in [3.63, 3.8) is 0 Å². The molecular weight excluding hydrogens is 300 g/mol. The average Bonchev–Trinajstić information content (AvgIpc) is 2.34. The zero-order valence-corrected chi connectivity index (χ0v) is 12.1. The van der Waals surface area contributed by atoms with Crippen LogP contribution < -0.4 is 5.32 Å². The lowest BCUT2D eigenvalue weighted by atomic mass is 9.84. The monoisotopic (exact) mass is 317 g/mol. The van der Waals surface area contributed by atoms with Crippen LogP contribution in [0.5, 0.6) is 0 Å². The molecule has 1 saturated carbocycles. The third kappa shape index (κ3) is 3.22. The maximum Gasteiger partial charge on any atom is 0.150 e. The minimum Gasteiger partial charge on any atom is -0.379 e. The Hall–Kier alpha value is -0.640. The van der Waals surface area contributed by atoms with Crippen LogP contribution in [-0.4, -0.2) is 6.04 Å². The van der Waals surface area contributed by atoms with Gasteiger partial charge < -0.3 is 5.32 Å². The van der Waals surface area contributed by atoms with E-state index < -0.39 is 11.6 Å². The molecule has 1 aliphatic carbocycles. The van der Waals surface area contributed by atoms with Crippen molar-refractivity contribution in [3.05, 3.63) is 28.2 Å². The lowest BCUT2D eigenvalue weighted by Gasteiger charge is -2.29. The molecule has 0 saturated heterocycles. The van der Waals surface area contributed by atoms with Crippen LogP contribution in [0.3, 0.4) is 0 Å². The number of rotatable bonds is 3. The number of hydrogen-bond donors (Lipinski definition) is 1. The van der Waals surface area contributed by atoms with Crippen LogP contribution in [0.15, 0.2) is 16.6 Å². The first kappa shape index (κ1) is 13.8. The zero-order valence-electron chi connectivity index (χ0n) is 10.5. The quantitative estimate of drug-likeness (QED) is 0.817. The molecule has 2 rings (SSSR count). The van der Waals surface area contributed by atoms with E-state index in [2.05, 4.69) is 28.2 Å². The highest BCUT2D eigenvalue weighted by atomic mass is 79.9. The molecule has 0 amide bonds. The maximum atomic E-state index is 13.7. The van der Waals surface area contributed by atoms with Gasteiger partial charge in [-0.15, -0.1) is 0 Å². The summed E-state index contributed by atoms with van der Waals surface area (Å²) in [6.45, 7) is 2.22. The molecule has 1 aromatic carbocycles. The fourth-order valence-corrected chi connectivity index (χ4v) is 3.12. The van der Waals surface area contributed by atoms with E-state index in [-0.39, 0.29) is 0 Å². The topological polar surface area (TPSA) is 12.0 Å². The predicted molar refractivity (Wildman–Crippen MR) is 73.7 cm³/mol. The van der Waals surface area contributed by atoms with Gasteiger partial charge in [-0.2, -0.15) is 0 Å². The Morgan fingerprint density at radius 1 is 1.22 bits per heavy atom. The van der Waals surface area contributed by atoms with Crippen molar-refractivity contribution < 1.29 is 8.78 Å². The predicted octanol–water partition coefficient (Wildman–Crippen LogP) is 5.11. The van der Waals surface area contributed by atoms with Gasteiger partial charge in [-0.3, -0.25) is 0 Å². The van der Waals surface area contributed by atoms with Crippen LogP contribution in [0.4, 0.5) is 14.5 Å². The summed E-state index contributed by atoms with van der Waals surface area (Å²) in [6.07, 6.45) is 5.72. The normalized spacial score (nSPS) is 24.0. The van der Waals surface area contributed by atoms with Gasteiger partial charge in [-0.05, 0) is 53.6 Å². The van der Waals surface area contributed by atoms with E-state index in [4.69, 9.17) is 0 Å². The Morgan fingerprint density at radius 2 is 1.89 bits per heavy atom. The maximum absolute atomic E-state index is 13.7. The molecule has 100 valence electrons. The van der Waals surface area contributed by atoms with Crippen molar-refractivity contribution in [2.45, 2.75) is 45.1 Å². The minimum atomic E-state index is -0.556. The minimum absolute atomic E-state index is 0.295. The van der Waals surface area contributed by atoms with Crippen molar-refractivity contribution >= 4 is 21.6 Å². The summed E-state index contributed by atoms with van der Waals surface area (Å²) < 4.78 is 27.1. The third-order valence-corrected chi connectivity index (χ3v) is 4.40. The van der Waals surface area contributed by atoms with Crippen LogP contribution >= 0.6 is 15.9 Å². The molecule has 1 N–H and O–H groups in total. The van der Waals surface area contributed by atoms with Crippen molar-refractivity contribution in [3.8, 4) is 0 Å². The average molecular weight is 318 g/mol. The Kier molecular flexibility index (Phi) is 4.60. The van der Waals surface area contributed by atoms with Gasteiger partial charge in [0.05, 0.1) is 5.69 Å². The van der Waals surface area contributed by atoms with E-state index in [1.807, 2.05) is 0 Å². The van der Waals surface area contributed by atoms with Gasteiger partial charge in [0.25, 0.3) is 0 Å². The van der Waals surface area contributed by atoms with E-state index >= 15 is 0 Å². The number of nitrogens with one attached hydrogen (secondary N) is 1. The summed E-state index contributed by atoms with van der Waals surface area (Å²) in [4.78, 5) is 0. The number of anilines is 1. The van der Waals surface area contributed by atoms with Crippen LogP contribution in [0.25, 0.3) is 0 Å². The smallest absolute Gasteiger partial charge is 0.150 e. The van der Waals surface area contributed by atoms with E-state index in [0.29, 0.717) is 16.2 Å². The molecule has 0 unspecified atom stereocenters. The van der Waals surface area contributed by atoms with E-state index in [0.717, 1.165) is 24.8 Å². The van der Waals surface area contributed by atoms with Crippen molar-refractivity contribution in [2.24, 2.45) is 5.92 Å². The van der Waals surface area contributed by atoms with E-state index in [9.17, 15) is 8.78 Å². The van der Waals surface area contributed by atoms with Crippen molar-refractivity contribution in [1.29, 1.82) is 0 Å². The Morgan fingerprint density at radius 3 is 2.44 bits per heavy atom. The lowest BCUT2D eigenvalue weighted by Crippen LogP contribution is -2.26. The molecule has 0 radical (unpaired) electrons. The van der Waals surface area contributed by atoms with Crippen LogP contribution in [0.1, 0.15) is 39.0 Å². The second-order valence-corrected chi connectivity index (χ2v) is 5.87. The van der Waals surface area contributed by atoms with Crippen LogP contribution in [0, 0.1) is 17.6 Å². The highest BCUT2D eigenvalue weighted by Crippen LogP contribution is 2.32. The van der Waals surface area contributed by atoms with Gasteiger partial charge in [-0.25, -0.2) is 8.78 Å². The highest BCUT2D eigenvalue weighted by Gasteiger charge is 2.21. The molecule has 0 bridgehead atoms. The second-order valence-electron chi connectivity index (χ2n) is 5.01. The summed E-state index contributed by atoms with van der Waals surface area (Å²) in [5, 5.41) is 3.20. The molecule has 1 nitrogen and oxygen atoms in total. The second kappa shape index (κ2) is 6.00. The largest absolute Gasteiger partial charge is 0.379 e. The van der Waals surface area contributed by atoms with E-state index in [1.165, 1.54) is 25.3 Å². The van der Waals surface area contributed by atoms with Crippen molar-refractivity contribution in [2.75, 3.05) is 5.32 Å². The summed E-state index contributed by atoms with van der Waals surface area (Å²) in [5.41, 5.74) is 0.386. The first-order valence-electron chi connectivity index (χ1n) is 6.51. The van der Waals surface area contributed by atoms with E-state index in [1.54, 1.807) is 0 Å². The van der Waals surface area contributed by atoms with Crippen LogP contribution in [-0.2, 0) is 0 Å². The highest BCUT2D eigenvalue weighted by molar-refractivity contribution is 9.10. The number of benzene rings is 1. The van der Waals surface area contributed by atoms with Gasteiger partial charge in [0, 0.05) is 16.6 Å². The summed E-state index contributed by atoms with van der Waals surface area (Å²) in [5.74, 6) is -0.274. The van der Waals surface area contributed by atoms with Gasteiger partial charge in [0.15, 0.2) is 0 Å². The fraction of sp³-hybridized carbons (Fsp3) is 0.571. The molecule has 1 aromatic rings. The van der Waals surface area contributed by atoms with Gasteiger partial charge >= 0.3 is 0 Å². The standard InChI is InChI=1S/C14H18BrF2N/c1-2-9-3-5-11(6-4-9)18-14-12(15)7-10(16)8-13(14)17/h7-9,11,18H,2-6H2,1H3. The molecule has 0 heterocycles. The Labute approximate surface area is 115 Å². The van der Waals surface area contributed by atoms with Crippen molar-refractivity contribution in [1.82, 2.24) is 0 Å². The first-order chi connectivity index (χ1) is 8.60. The summed E-state index contributed by atoms with van der Waals surface area (Å²) in [7, 11) is 0. The Bertz CT molecular complexity index is 391. The SMILES string of the molecule is CCC1CCC(Nc2c(F)cc(F)cc2Br)CC1. The Balaban J connectivity index is 2.02. The number of hydrogen-bond acceptors (Lipinski definition) is 1. The molecular formula is C14H18BrF2N. The zero-order chi connectivity index (χ0) is 13.1. The molecule has 1 aliphatic rings. The molecule has 0 aliphatic heterocycles. The van der Waals surface area contributed by atoms with Gasteiger partial charge in [-0.1, -0.05) is 13.3 Å². The molecule has 0 spiro atoms. The molecule has 18 heavy (non-hydrogen) atoms. The lowest BCUT2D eigenvalue weighted by molar-refractivity contribution is 0.329. The van der Waals surface area contributed by atoms with Crippen LogP contribution in [0.2, 0.25) is 0 Å². The third-order valence-electron chi connectivity index (χ3n) is 3.78. The first-order valence-corrected chi connectivity index (χ1v) is 7.30. The number of halogens is 3. The molecule has 4 heteroatoms. The molecule has 1 fully saturated rings. The molecule has 0 atom stereocenters. The van der Waals surface area contributed by atoms with Gasteiger partial charge in [0.2, 0.25) is 0 Å². The van der Waals surface area contributed by atoms with Gasteiger partial charge in [0.1, 0.15) is 11.6 Å².